The Balaban J connectivity index is 2.19. The van der Waals surface area contributed by atoms with Crippen LogP contribution in [0.5, 0.6) is 0 Å². The third-order valence-corrected chi connectivity index (χ3v) is 3.54. The second-order valence-corrected chi connectivity index (χ2v) is 4.74. The summed E-state index contributed by atoms with van der Waals surface area (Å²) < 4.78 is 1.29. The molecule has 0 heterocycles. The Morgan fingerprint density at radius 3 is 2.06 bits per heavy atom. The van der Waals surface area contributed by atoms with E-state index in [2.05, 4.69) is 78.5 Å². The number of rotatable bonds is 1. The van der Waals surface area contributed by atoms with E-state index in [9.17, 15) is 0 Å². The standard InChI is InChI=1S/C15H10.Ru/c1-2-6-12(7-3-1)15-11-10-13-8-4-5-9-14(13)15;/h1-9,11H;/q;+1. The minimum absolute atomic E-state index is 1.29. The van der Waals surface area contributed by atoms with E-state index in [1.165, 1.54) is 26.4 Å². The number of hydrogen-bond donors (Lipinski definition) is 0. The molecule has 0 aromatic heterocycles. The summed E-state index contributed by atoms with van der Waals surface area (Å²) in [6, 6.07) is 19.1. The van der Waals surface area contributed by atoms with Crippen LogP contribution in [0.4, 0.5) is 0 Å². The Hall–Kier alpha value is -1.33. The summed E-state index contributed by atoms with van der Waals surface area (Å²) in [7, 11) is 0. The van der Waals surface area contributed by atoms with E-state index in [4.69, 9.17) is 0 Å². The molecule has 1 aliphatic rings. The van der Waals surface area contributed by atoms with Crippen molar-refractivity contribution >= 4 is 9.68 Å². The van der Waals surface area contributed by atoms with Crippen molar-refractivity contribution in [3.8, 4) is 0 Å². The van der Waals surface area contributed by atoms with Crippen molar-refractivity contribution in [3.63, 3.8) is 0 Å². The molecule has 0 atom stereocenters. The molecule has 0 N–H and O–H groups in total. The molecule has 0 saturated heterocycles. The van der Waals surface area contributed by atoms with Gasteiger partial charge in [-0.3, -0.25) is 0 Å². The Labute approximate surface area is 105 Å². The van der Waals surface area contributed by atoms with Crippen LogP contribution in [0.1, 0.15) is 16.7 Å². The Kier molecular flexibility index (Phi) is 2.42. The van der Waals surface area contributed by atoms with Gasteiger partial charge < -0.3 is 0 Å². The Bertz CT molecular complexity index is 579. The molecule has 1 aliphatic carbocycles. The van der Waals surface area contributed by atoms with Crippen molar-refractivity contribution in [3.05, 3.63) is 77.4 Å². The van der Waals surface area contributed by atoms with Gasteiger partial charge in [0.1, 0.15) is 0 Å². The van der Waals surface area contributed by atoms with Crippen molar-refractivity contribution in [1.29, 1.82) is 0 Å². The van der Waals surface area contributed by atoms with Crippen LogP contribution in [0.25, 0.3) is 5.57 Å². The molecule has 3 rings (SSSR count). The van der Waals surface area contributed by atoms with Gasteiger partial charge in [-0.1, -0.05) is 0 Å². The van der Waals surface area contributed by atoms with Gasteiger partial charge in [0, 0.05) is 0 Å². The van der Waals surface area contributed by atoms with Gasteiger partial charge in [-0.05, 0) is 0 Å². The van der Waals surface area contributed by atoms with Crippen LogP contribution in [0.3, 0.4) is 0 Å². The summed E-state index contributed by atoms with van der Waals surface area (Å²) in [5, 5.41) is 0. The van der Waals surface area contributed by atoms with Gasteiger partial charge in [-0.15, -0.1) is 0 Å². The average molecular weight is 291 g/mol. The van der Waals surface area contributed by atoms with Crippen molar-refractivity contribution in [2.45, 2.75) is 0 Å². The van der Waals surface area contributed by atoms with Crippen LogP contribution in [0.15, 0.2) is 60.7 Å². The first-order chi connectivity index (χ1) is 7.86. The molecule has 0 saturated carbocycles. The monoisotopic (exact) mass is 292 g/mol. The molecule has 0 fully saturated rings. The zero-order valence-electron chi connectivity index (χ0n) is 8.63. The molecular weight excluding hydrogens is 281 g/mol. The fourth-order valence-electron chi connectivity index (χ4n) is 2.06. The van der Waals surface area contributed by atoms with Gasteiger partial charge in [0.15, 0.2) is 0 Å². The van der Waals surface area contributed by atoms with E-state index in [0.717, 1.165) is 0 Å². The molecule has 0 amide bonds. The second-order valence-electron chi connectivity index (χ2n) is 3.80. The van der Waals surface area contributed by atoms with Crippen molar-refractivity contribution in [2.24, 2.45) is 0 Å². The number of fused-ring (bicyclic) bond motifs is 1. The Morgan fingerprint density at radius 2 is 1.31 bits per heavy atom. The van der Waals surface area contributed by atoms with Crippen LogP contribution in [0.2, 0.25) is 0 Å². The van der Waals surface area contributed by atoms with E-state index in [1.807, 2.05) is 0 Å². The second kappa shape index (κ2) is 3.92. The normalized spacial score (nSPS) is 13.5. The average Bonchev–Trinajstić information content (AvgIpc) is 2.69. The van der Waals surface area contributed by atoms with Gasteiger partial charge >= 0.3 is 105 Å². The number of hydrogen-bond acceptors (Lipinski definition) is 0. The molecule has 1 heteroatoms. The summed E-state index contributed by atoms with van der Waals surface area (Å²) in [4.78, 5) is 0. The minimum atomic E-state index is 1.29. The zero-order chi connectivity index (χ0) is 11.0. The summed E-state index contributed by atoms with van der Waals surface area (Å²) in [5.74, 6) is 0. The summed E-state index contributed by atoms with van der Waals surface area (Å²) in [6.07, 6.45) is 2.25. The predicted molar refractivity (Wildman–Crippen MR) is 64.1 cm³/mol. The number of allylic oxidation sites excluding steroid dienone is 1. The fraction of sp³-hybridized carbons (Fsp3) is 0. The van der Waals surface area contributed by atoms with E-state index in [0.29, 0.717) is 0 Å². The van der Waals surface area contributed by atoms with E-state index in [-0.39, 0.29) is 0 Å². The van der Waals surface area contributed by atoms with Crippen LogP contribution < -0.4 is 0 Å². The van der Waals surface area contributed by atoms with E-state index >= 15 is 0 Å². The van der Waals surface area contributed by atoms with Crippen LogP contribution in [0, 0.1) is 0 Å². The van der Waals surface area contributed by atoms with E-state index < -0.39 is 0 Å². The molecule has 0 bridgehead atoms. The fourth-order valence-corrected chi connectivity index (χ4v) is 2.69. The molecule has 16 heavy (non-hydrogen) atoms. The maximum absolute atomic E-state index is 2.71. The predicted octanol–water partition coefficient (Wildman–Crippen LogP) is 3.20. The van der Waals surface area contributed by atoms with Gasteiger partial charge in [0.05, 0.1) is 0 Å². The van der Waals surface area contributed by atoms with Gasteiger partial charge in [-0.2, -0.15) is 0 Å². The first-order valence-corrected chi connectivity index (χ1v) is 6.11. The van der Waals surface area contributed by atoms with Crippen LogP contribution in [-0.4, -0.2) is 4.11 Å². The molecule has 0 aliphatic heterocycles. The van der Waals surface area contributed by atoms with Gasteiger partial charge in [-0.25, -0.2) is 0 Å². The van der Waals surface area contributed by atoms with Gasteiger partial charge in [0.25, 0.3) is 0 Å². The molecular formula is C15H10Ru+. The molecule has 2 aromatic rings. The summed E-state index contributed by atoms with van der Waals surface area (Å²) >= 11 is 2.71. The third-order valence-electron chi connectivity index (χ3n) is 2.82. The molecule has 2 aromatic carbocycles. The van der Waals surface area contributed by atoms with Crippen LogP contribution in [-0.2, 0) is 17.9 Å². The third kappa shape index (κ3) is 1.52. The maximum atomic E-state index is 2.71. The number of benzene rings is 2. The van der Waals surface area contributed by atoms with Crippen molar-refractivity contribution in [1.82, 2.24) is 0 Å². The molecule has 0 unspecified atom stereocenters. The topological polar surface area (TPSA) is 0 Å². The van der Waals surface area contributed by atoms with Gasteiger partial charge in [0.2, 0.25) is 0 Å². The first kappa shape index (κ1) is 9.87. The quantitative estimate of drug-likeness (QED) is 0.708. The molecule has 0 radical (unpaired) electrons. The van der Waals surface area contributed by atoms with Crippen LogP contribution >= 0.6 is 0 Å². The summed E-state index contributed by atoms with van der Waals surface area (Å²) in [5.41, 5.74) is 5.28. The SMILES string of the molecule is [Ru+]=[C]1C=C(c2ccccc2)c2ccccc21. The van der Waals surface area contributed by atoms with Crippen molar-refractivity contribution in [2.75, 3.05) is 0 Å². The van der Waals surface area contributed by atoms with E-state index in [1.54, 1.807) is 0 Å². The molecule has 77 valence electrons. The Morgan fingerprint density at radius 1 is 0.688 bits per heavy atom. The molecule has 0 nitrogen and oxygen atoms in total. The zero-order valence-corrected chi connectivity index (χ0v) is 10.4. The molecule has 0 spiro atoms. The summed E-state index contributed by atoms with van der Waals surface area (Å²) in [6.45, 7) is 0. The first-order valence-electron chi connectivity index (χ1n) is 5.24. The van der Waals surface area contributed by atoms with Crippen molar-refractivity contribution < 1.29 is 17.9 Å².